The van der Waals surface area contributed by atoms with Crippen LogP contribution in [0.4, 0.5) is 0 Å². The van der Waals surface area contributed by atoms with Crippen LogP contribution in [0, 0.1) is 0 Å². The molecule has 6 nitrogen and oxygen atoms in total. The molecule has 0 unspecified atom stereocenters. The van der Waals surface area contributed by atoms with E-state index in [2.05, 4.69) is 5.32 Å². The summed E-state index contributed by atoms with van der Waals surface area (Å²) < 4.78 is 36.1. The largest absolute Gasteiger partial charge is 0.495 e. The lowest BCUT2D eigenvalue weighted by atomic mass is 10.1. The summed E-state index contributed by atoms with van der Waals surface area (Å²) in [6.45, 7) is 5.48. The summed E-state index contributed by atoms with van der Waals surface area (Å²) in [6, 6.07) is 3.71. The summed E-state index contributed by atoms with van der Waals surface area (Å²) in [5, 5.41) is 2.74. The van der Waals surface area contributed by atoms with Gasteiger partial charge in [0.15, 0.2) is 0 Å². The van der Waals surface area contributed by atoms with Gasteiger partial charge in [-0.15, -0.1) is 0 Å². The molecule has 0 saturated heterocycles. The van der Waals surface area contributed by atoms with Crippen LogP contribution in [0.15, 0.2) is 23.1 Å². The summed E-state index contributed by atoms with van der Waals surface area (Å²) >= 11 is 0. The van der Waals surface area contributed by atoms with Gasteiger partial charge in [-0.3, -0.25) is 9.35 Å². The normalized spacial score (nSPS) is 12.1. The molecule has 1 aromatic carbocycles. The molecule has 0 atom stereocenters. The SMILES string of the molecule is COc1cc(C(=O)NC(C)(C)C)ccc1S(=O)(=O)O. The molecule has 106 valence electrons. The van der Waals surface area contributed by atoms with Gasteiger partial charge < -0.3 is 10.1 Å². The lowest BCUT2D eigenvalue weighted by molar-refractivity contribution is 0.0919. The fourth-order valence-corrected chi connectivity index (χ4v) is 2.07. The molecular weight excluding hydrogens is 270 g/mol. The zero-order valence-corrected chi connectivity index (χ0v) is 12.0. The van der Waals surface area contributed by atoms with Gasteiger partial charge in [0.2, 0.25) is 0 Å². The van der Waals surface area contributed by atoms with E-state index in [4.69, 9.17) is 9.29 Å². The molecule has 0 aliphatic carbocycles. The molecular formula is C12H17NO5S. The van der Waals surface area contributed by atoms with Crippen molar-refractivity contribution in [3.8, 4) is 5.75 Å². The van der Waals surface area contributed by atoms with Crippen molar-refractivity contribution in [1.29, 1.82) is 0 Å². The molecule has 0 bridgehead atoms. The molecule has 0 heterocycles. The van der Waals surface area contributed by atoms with Gasteiger partial charge in [-0.05, 0) is 39.0 Å². The minimum Gasteiger partial charge on any atom is -0.495 e. The van der Waals surface area contributed by atoms with Crippen molar-refractivity contribution in [2.24, 2.45) is 0 Å². The third-order valence-corrected chi connectivity index (χ3v) is 3.09. The number of nitrogens with one attached hydrogen (secondary N) is 1. The highest BCUT2D eigenvalue weighted by Crippen LogP contribution is 2.24. The van der Waals surface area contributed by atoms with E-state index in [-0.39, 0.29) is 22.1 Å². The monoisotopic (exact) mass is 287 g/mol. The number of methoxy groups -OCH3 is 1. The van der Waals surface area contributed by atoms with Crippen LogP contribution >= 0.6 is 0 Å². The van der Waals surface area contributed by atoms with Crippen LogP contribution in [-0.2, 0) is 10.1 Å². The summed E-state index contributed by atoms with van der Waals surface area (Å²) in [4.78, 5) is 11.5. The summed E-state index contributed by atoms with van der Waals surface area (Å²) in [6.07, 6.45) is 0. The van der Waals surface area contributed by atoms with Gasteiger partial charge in [-0.2, -0.15) is 8.42 Å². The molecule has 0 saturated carbocycles. The number of carbonyl (C=O) groups excluding carboxylic acids is 1. The maximum atomic E-state index is 11.9. The fraction of sp³-hybridized carbons (Fsp3) is 0.417. The Hall–Kier alpha value is -1.60. The minimum atomic E-state index is -4.38. The Balaban J connectivity index is 3.18. The van der Waals surface area contributed by atoms with Gasteiger partial charge in [-0.1, -0.05) is 0 Å². The van der Waals surface area contributed by atoms with Crippen LogP contribution in [0.2, 0.25) is 0 Å². The summed E-state index contributed by atoms with van der Waals surface area (Å²) in [5.74, 6) is -0.434. The predicted molar refractivity (Wildman–Crippen MR) is 70.0 cm³/mol. The van der Waals surface area contributed by atoms with E-state index in [1.165, 1.54) is 19.2 Å². The van der Waals surface area contributed by atoms with Gasteiger partial charge in [0.05, 0.1) is 7.11 Å². The number of hydrogen-bond donors (Lipinski definition) is 2. The standard InChI is InChI=1S/C12H17NO5S/c1-12(2,3)13-11(14)8-5-6-10(19(15,16)17)9(7-8)18-4/h5-7H,1-4H3,(H,13,14)(H,15,16,17). The third kappa shape index (κ3) is 4.22. The molecule has 2 N–H and O–H groups in total. The number of ether oxygens (including phenoxy) is 1. The highest BCUT2D eigenvalue weighted by molar-refractivity contribution is 7.86. The van der Waals surface area contributed by atoms with Crippen molar-refractivity contribution < 1.29 is 22.5 Å². The van der Waals surface area contributed by atoms with Crippen LogP contribution in [-0.4, -0.2) is 31.5 Å². The van der Waals surface area contributed by atoms with Gasteiger partial charge in [0, 0.05) is 11.1 Å². The first kappa shape index (κ1) is 15.5. The van der Waals surface area contributed by atoms with E-state index in [0.717, 1.165) is 6.07 Å². The van der Waals surface area contributed by atoms with Gasteiger partial charge in [-0.25, -0.2) is 0 Å². The van der Waals surface area contributed by atoms with Gasteiger partial charge >= 0.3 is 0 Å². The van der Waals surface area contributed by atoms with Gasteiger partial charge in [0.25, 0.3) is 16.0 Å². The molecule has 0 fully saturated rings. The van der Waals surface area contributed by atoms with E-state index in [1.54, 1.807) is 0 Å². The van der Waals surface area contributed by atoms with E-state index in [0.29, 0.717) is 0 Å². The van der Waals surface area contributed by atoms with Crippen LogP contribution in [0.3, 0.4) is 0 Å². The van der Waals surface area contributed by atoms with Crippen LogP contribution in [0.1, 0.15) is 31.1 Å². The second-order valence-electron chi connectivity index (χ2n) is 5.04. The van der Waals surface area contributed by atoms with Gasteiger partial charge in [0.1, 0.15) is 10.6 Å². The predicted octanol–water partition coefficient (Wildman–Crippen LogP) is 1.47. The van der Waals surface area contributed by atoms with Crippen LogP contribution in [0.25, 0.3) is 0 Å². The fourth-order valence-electron chi connectivity index (χ4n) is 1.43. The quantitative estimate of drug-likeness (QED) is 0.821. The van der Waals surface area contributed by atoms with Crippen molar-refractivity contribution in [3.05, 3.63) is 23.8 Å². The lowest BCUT2D eigenvalue weighted by Crippen LogP contribution is -2.40. The average Bonchev–Trinajstić information content (AvgIpc) is 2.24. The molecule has 0 spiro atoms. The second kappa shape index (κ2) is 5.18. The third-order valence-electron chi connectivity index (χ3n) is 2.19. The first-order valence-electron chi connectivity index (χ1n) is 5.52. The molecule has 7 heteroatoms. The van der Waals surface area contributed by atoms with Crippen molar-refractivity contribution in [2.45, 2.75) is 31.2 Å². The molecule has 0 aliphatic heterocycles. The molecule has 19 heavy (non-hydrogen) atoms. The number of amides is 1. The van der Waals surface area contributed by atoms with Crippen molar-refractivity contribution in [2.75, 3.05) is 7.11 Å². The smallest absolute Gasteiger partial charge is 0.298 e. The van der Waals surface area contributed by atoms with Crippen molar-refractivity contribution in [3.63, 3.8) is 0 Å². The number of rotatable bonds is 3. The Bertz CT molecular complexity index is 587. The molecule has 0 radical (unpaired) electrons. The molecule has 1 rings (SSSR count). The summed E-state index contributed by atoms with van der Waals surface area (Å²) in [7, 11) is -3.12. The highest BCUT2D eigenvalue weighted by Gasteiger charge is 2.20. The molecule has 1 amide bonds. The van der Waals surface area contributed by atoms with E-state index >= 15 is 0 Å². The van der Waals surface area contributed by atoms with Crippen LogP contribution in [0.5, 0.6) is 5.75 Å². The second-order valence-corrected chi connectivity index (χ2v) is 6.43. The molecule has 0 aromatic heterocycles. The number of benzene rings is 1. The highest BCUT2D eigenvalue weighted by atomic mass is 32.2. The van der Waals surface area contributed by atoms with E-state index in [1.807, 2.05) is 20.8 Å². The van der Waals surface area contributed by atoms with E-state index in [9.17, 15) is 13.2 Å². The molecule has 1 aromatic rings. The zero-order valence-electron chi connectivity index (χ0n) is 11.2. The van der Waals surface area contributed by atoms with Crippen LogP contribution < -0.4 is 10.1 Å². The topological polar surface area (TPSA) is 92.7 Å². The maximum Gasteiger partial charge on any atom is 0.298 e. The maximum absolute atomic E-state index is 11.9. The summed E-state index contributed by atoms with van der Waals surface area (Å²) in [5.41, 5.74) is -0.161. The number of carbonyl (C=O) groups is 1. The zero-order chi connectivity index (χ0) is 14.8. The molecule has 0 aliphatic rings. The Morgan fingerprint density at radius 2 is 1.89 bits per heavy atom. The first-order chi connectivity index (χ1) is 8.54. The Morgan fingerprint density at radius 3 is 2.32 bits per heavy atom. The first-order valence-corrected chi connectivity index (χ1v) is 6.96. The van der Waals surface area contributed by atoms with E-state index < -0.39 is 15.7 Å². The average molecular weight is 287 g/mol. The Morgan fingerprint density at radius 1 is 1.32 bits per heavy atom. The Labute approximate surface area is 112 Å². The minimum absolute atomic E-state index is 0.0796. The van der Waals surface area contributed by atoms with Crippen molar-refractivity contribution in [1.82, 2.24) is 5.32 Å². The number of hydrogen-bond acceptors (Lipinski definition) is 4. The lowest BCUT2D eigenvalue weighted by Gasteiger charge is -2.20. The Kier molecular flexibility index (Phi) is 4.21. The van der Waals surface area contributed by atoms with Crippen molar-refractivity contribution >= 4 is 16.0 Å².